The van der Waals surface area contributed by atoms with Gasteiger partial charge in [0.1, 0.15) is 12.2 Å². The molecule has 0 aliphatic rings. The average molecular weight is 286 g/mol. The highest BCUT2D eigenvalue weighted by molar-refractivity contribution is 6.03. The maximum absolute atomic E-state index is 11.9. The molecule has 5 heteroatoms. The lowest BCUT2D eigenvalue weighted by molar-refractivity contribution is -0.127. The number of benzene rings is 1. The van der Waals surface area contributed by atoms with Crippen molar-refractivity contribution < 1.29 is 14.0 Å². The van der Waals surface area contributed by atoms with Gasteiger partial charge in [0.25, 0.3) is 0 Å². The lowest BCUT2D eigenvalue weighted by Crippen LogP contribution is -2.27. The number of carbonyl (C=O) groups excluding carboxylic acids is 2. The Labute approximate surface area is 123 Å². The number of aryl methyl sites for hydroxylation is 1. The molecule has 0 spiro atoms. The molecule has 0 saturated carbocycles. The summed E-state index contributed by atoms with van der Waals surface area (Å²) in [6.45, 7) is 4.19. The summed E-state index contributed by atoms with van der Waals surface area (Å²) in [5.74, 6) is -0.0202. The van der Waals surface area contributed by atoms with Crippen LogP contribution in [0, 0.1) is 13.8 Å². The number of furan rings is 1. The molecular formula is C16H18N2O3. The van der Waals surface area contributed by atoms with Gasteiger partial charge in [-0.15, -0.1) is 0 Å². The van der Waals surface area contributed by atoms with Crippen molar-refractivity contribution in [2.24, 2.45) is 0 Å². The second-order valence-corrected chi connectivity index (χ2v) is 4.83. The van der Waals surface area contributed by atoms with Crippen LogP contribution in [0.5, 0.6) is 0 Å². The summed E-state index contributed by atoms with van der Waals surface area (Å²) in [4.78, 5) is 23.5. The molecule has 0 bridgehead atoms. The molecule has 2 amide bonds. The quantitative estimate of drug-likeness (QED) is 0.830. The van der Waals surface area contributed by atoms with Crippen LogP contribution in [-0.2, 0) is 16.1 Å². The van der Waals surface area contributed by atoms with E-state index in [0.717, 1.165) is 16.8 Å². The van der Waals surface area contributed by atoms with E-state index in [0.29, 0.717) is 5.76 Å². The van der Waals surface area contributed by atoms with Crippen LogP contribution in [0.25, 0.3) is 0 Å². The molecule has 5 nitrogen and oxygen atoms in total. The molecule has 0 saturated heterocycles. The van der Waals surface area contributed by atoms with Gasteiger partial charge in [-0.1, -0.05) is 12.1 Å². The zero-order valence-corrected chi connectivity index (χ0v) is 12.1. The minimum atomic E-state index is -0.339. The van der Waals surface area contributed by atoms with Crippen molar-refractivity contribution in [2.45, 2.75) is 26.8 Å². The summed E-state index contributed by atoms with van der Waals surface area (Å²) in [5.41, 5.74) is 2.83. The van der Waals surface area contributed by atoms with Crippen molar-refractivity contribution in [3.05, 3.63) is 53.5 Å². The summed E-state index contributed by atoms with van der Waals surface area (Å²) < 4.78 is 5.10. The van der Waals surface area contributed by atoms with Crippen LogP contribution in [0.3, 0.4) is 0 Å². The molecule has 1 aromatic heterocycles. The maximum atomic E-state index is 11.9. The highest BCUT2D eigenvalue weighted by Gasteiger charge is 2.11. The Bertz CT molecular complexity index is 633. The van der Waals surface area contributed by atoms with Gasteiger partial charge in [-0.2, -0.15) is 0 Å². The van der Waals surface area contributed by atoms with Crippen LogP contribution >= 0.6 is 0 Å². The molecule has 0 radical (unpaired) electrons. The van der Waals surface area contributed by atoms with E-state index in [1.165, 1.54) is 6.26 Å². The molecule has 1 heterocycles. The standard InChI is InChI=1S/C16H18N2O3/c1-11-5-3-7-14(12(11)2)18-16(20)9-15(19)17-10-13-6-4-8-21-13/h3-8H,9-10H2,1-2H3,(H,17,19)(H,18,20). The minimum Gasteiger partial charge on any atom is -0.467 e. The van der Waals surface area contributed by atoms with Gasteiger partial charge in [0.2, 0.25) is 11.8 Å². The summed E-state index contributed by atoms with van der Waals surface area (Å²) in [6, 6.07) is 9.17. The topological polar surface area (TPSA) is 71.3 Å². The number of rotatable bonds is 5. The number of carbonyl (C=O) groups is 2. The zero-order valence-electron chi connectivity index (χ0n) is 12.1. The van der Waals surface area contributed by atoms with Gasteiger partial charge >= 0.3 is 0 Å². The first-order chi connectivity index (χ1) is 10.1. The number of hydrogen-bond acceptors (Lipinski definition) is 3. The van der Waals surface area contributed by atoms with Crippen molar-refractivity contribution >= 4 is 17.5 Å². The Balaban J connectivity index is 1.83. The smallest absolute Gasteiger partial charge is 0.233 e. The third-order valence-electron chi connectivity index (χ3n) is 3.24. The van der Waals surface area contributed by atoms with Gasteiger partial charge in [-0.25, -0.2) is 0 Å². The summed E-state index contributed by atoms with van der Waals surface area (Å²) in [6.07, 6.45) is 1.32. The number of hydrogen-bond donors (Lipinski definition) is 2. The summed E-state index contributed by atoms with van der Waals surface area (Å²) in [7, 11) is 0. The Morgan fingerprint density at radius 3 is 2.62 bits per heavy atom. The molecular weight excluding hydrogens is 268 g/mol. The molecule has 2 N–H and O–H groups in total. The van der Waals surface area contributed by atoms with Gasteiger partial charge in [0.05, 0.1) is 12.8 Å². The maximum Gasteiger partial charge on any atom is 0.233 e. The lowest BCUT2D eigenvalue weighted by atomic mass is 10.1. The first-order valence-corrected chi connectivity index (χ1v) is 6.71. The van der Waals surface area contributed by atoms with Crippen molar-refractivity contribution in [2.75, 3.05) is 5.32 Å². The molecule has 110 valence electrons. The van der Waals surface area contributed by atoms with Crippen LogP contribution in [0.15, 0.2) is 41.0 Å². The molecule has 0 aliphatic heterocycles. The van der Waals surface area contributed by atoms with E-state index in [1.807, 2.05) is 32.0 Å². The predicted octanol–water partition coefficient (Wildman–Crippen LogP) is 2.54. The molecule has 2 aromatic rings. The molecule has 0 atom stereocenters. The van der Waals surface area contributed by atoms with E-state index in [1.54, 1.807) is 12.1 Å². The third kappa shape index (κ3) is 4.21. The Hall–Kier alpha value is -2.56. The Kier molecular flexibility index (Phi) is 4.77. The van der Waals surface area contributed by atoms with Gasteiger partial charge in [-0.05, 0) is 43.2 Å². The molecule has 21 heavy (non-hydrogen) atoms. The Morgan fingerprint density at radius 2 is 1.90 bits per heavy atom. The van der Waals surface area contributed by atoms with Crippen LogP contribution in [0.1, 0.15) is 23.3 Å². The van der Waals surface area contributed by atoms with Gasteiger partial charge in [0.15, 0.2) is 0 Å². The van der Waals surface area contributed by atoms with Crippen LogP contribution in [0.2, 0.25) is 0 Å². The van der Waals surface area contributed by atoms with E-state index in [9.17, 15) is 9.59 Å². The second kappa shape index (κ2) is 6.74. The van der Waals surface area contributed by atoms with Gasteiger partial charge < -0.3 is 15.1 Å². The number of nitrogens with one attached hydrogen (secondary N) is 2. The van der Waals surface area contributed by atoms with Crippen LogP contribution in [-0.4, -0.2) is 11.8 Å². The van der Waals surface area contributed by atoms with Gasteiger partial charge in [-0.3, -0.25) is 9.59 Å². The van der Waals surface area contributed by atoms with Crippen molar-refractivity contribution in [3.63, 3.8) is 0 Å². The van der Waals surface area contributed by atoms with E-state index >= 15 is 0 Å². The van der Waals surface area contributed by atoms with E-state index in [-0.39, 0.29) is 24.8 Å². The van der Waals surface area contributed by atoms with Crippen molar-refractivity contribution in [3.8, 4) is 0 Å². The molecule has 0 aliphatic carbocycles. The van der Waals surface area contributed by atoms with E-state index < -0.39 is 0 Å². The highest BCUT2D eigenvalue weighted by atomic mass is 16.3. The second-order valence-electron chi connectivity index (χ2n) is 4.83. The van der Waals surface area contributed by atoms with Crippen LogP contribution < -0.4 is 10.6 Å². The molecule has 2 rings (SSSR count). The summed E-state index contributed by atoms with van der Waals surface area (Å²) in [5, 5.41) is 5.39. The van der Waals surface area contributed by atoms with E-state index in [2.05, 4.69) is 10.6 Å². The zero-order chi connectivity index (χ0) is 15.2. The number of amides is 2. The SMILES string of the molecule is Cc1cccc(NC(=O)CC(=O)NCc2ccco2)c1C. The van der Waals surface area contributed by atoms with Crippen molar-refractivity contribution in [1.29, 1.82) is 0 Å². The summed E-state index contributed by atoms with van der Waals surface area (Å²) >= 11 is 0. The average Bonchev–Trinajstić information content (AvgIpc) is 2.95. The molecule has 1 aromatic carbocycles. The first kappa shape index (κ1) is 14.8. The Morgan fingerprint density at radius 1 is 1.10 bits per heavy atom. The fourth-order valence-electron chi connectivity index (χ4n) is 1.89. The minimum absolute atomic E-state index is 0.214. The highest BCUT2D eigenvalue weighted by Crippen LogP contribution is 2.17. The normalized spacial score (nSPS) is 10.2. The largest absolute Gasteiger partial charge is 0.467 e. The molecule has 0 fully saturated rings. The first-order valence-electron chi connectivity index (χ1n) is 6.71. The predicted molar refractivity (Wildman–Crippen MR) is 79.7 cm³/mol. The van der Waals surface area contributed by atoms with Gasteiger partial charge in [0, 0.05) is 5.69 Å². The van der Waals surface area contributed by atoms with E-state index in [4.69, 9.17) is 4.42 Å². The lowest BCUT2D eigenvalue weighted by Gasteiger charge is -2.10. The monoisotopic (exact) mass is 286 g/mol. The molecule has 0 unspecified atom stereocenters. The number of anilines is 1. The third-order valence-corrected chi connectivity index (χ3v) is 3.24. The fourth-order valence-corrected chi connectivity index (χ4v) is 1.89. The fraction of sp³-hybridized carbons (Fsp3) is 0.250. The van der Waals surface area contributed by atoms with Crippen LogP contribution in [0.4, 0.5) is 5.69 Å². The van der Waals surface area contributed by atoms with Crippen molar-refractivity contribution in [1.82, 2.24) is 5.32 Å².